The lowest BCUT2D eigenvalue weighted by Gasteiger charge is -2.23. The van der Waals surface area contributed by atoms with Gasteiger partial charge < -0.3 is 15.2 Å². The van der Waals surface area contributed by atoms with Crippen molar-refractivity contribution in [2.24, 2.45) is 5.73 Å². The predicted molar refractivity (Wildman–Crippen MR) is 135 cm³/mol. The monoisotopic (exact) mass is 496 g/mol. The second-order valence-corrected chi connectivity index (χ2v) is 9.29. The Morgan fingerprint density at radius 3 is 2.56 bits per heavy atom. The quantitative estimate of drug-likeness (QED) is 0.321. The topological polar surface area (TPSA) is 75.2 Å². The van der Waals surface area contributed by atoms with Crippen LogP contribution >= 0.6 is 23.2 Å². The van der Waals surface area contributed by atoms with Gasteiger partial charge in [0.1, 0.15) is 17.5 Å². The zero-order valence-electron chi connectivity index (χ0n) is 18.9. The molecule has 1 aliphatic heterocycles. The summed E-state index contributed by atoms with van der Waals surface area (Å²) in [6.07, 6.45) is 5.86. The summed E-state index contributed by atoms with van der Waals surface area (Å²) in [5, 5.41) is 6.94. The molecule has 1 fully saturated rings. The van der Waals surface area contributed by atoms with Crippen LogP contribution in [0.15, 0.2) is 54.9 Å². The van der Waals surface area contributed by atoms with Gasteiger partial charge in [0, 0.05) is 42.1 Å². The van der Waals surface area contributed by atoms with Crippen LogP contribution in [0.25, 0.3) is 22.2 Å². The molecule has 6 nitrogen and oxygen atoms in total. The summed E-state index contributed by atoms with van der Waals surface area (Å²) in [5.74, 6) is 0.702. The molecule has 176 valence electrons. The number of benzene rings is 2. The molecule has 0 aliphatic carbocycles. The van der Waals surface area contributed by atoms with Crippen molar-refractivity contribution in [1.29, 1.82) is 0 Å². The summed E-state index contributed by atoms with van der Waals surface area (Å²) >= 11 is 12.7. The number of pyridine rings is 1. The normalized spacial score (nSPS) is 17.1. The molecular weight excluding hydrogens is 471 g/mol. The maximum Gasteiger partial charge on any atom is 0.150 e. The molecule has 1 aliphatic rings. The van der Waals surface area contributed by atoms with Gasteiger partial charge in [0.2, 0.25) is 0 Å². The number of halogens is 2. The molecule has 1 unspecified atom stereocenters. The van der Waals surface area contributed by atoms with Crippen LogP contribution in [-0.4, -0.2) is 21.4 Å². The minimum Gasteiger partial charge on any atom is -0.486 e. The van der Waals surface area contributed by atoms with E-state index < -0.39 is 0 Å². The molecule has 4 aromatic rings. The Bertz CT molecular complexity index is 1280. The van der Waals surface area contributed by atoms with Crippen molar-refractivity contribution in [3.05, 3.63) is 76.0 Å². The number of nitrogens with two attached hydrogens (primary N) is 1. The van der Waals surface area contributed by atoms with Crippen LogP contribution in [-0.2, 0) is 11.3 Å². The Morgan fingerprint density at radius 2 is 1.88 bits per heavy atom. The van der Waals surface area contributed by atoms with E-state index >= 15 is 0 Å². The Labute approximate surface area is 208 Å². The number of fused-ring (bicyclic) bond motifs is 1. The van der Waals surface area contributed by atoms with Crippen LogP contribution < -0.4 is 10.5 Å². The number of hydrogen-bond acceptors (Lipinski definition) is 5. The van der Waals surface area contributed by atoms with E-state index in [1.807, 2.05) is 41.9 Å². The minimum absolute atomic E-state index is 0.0755. The van der Waals surface area contributed by atoms with Gasteiger partial charge in [-0.1, -0.05) is 47.5 Å². The fraction of sp³-hybridized carbons (Fsp3) is 0.308. The van der Waals surface area contributed by atoms with E-state index in [2.05, 4.69) is 17.1 Å². The largest absolute Gasteiger partial charge is 0.486 e. The summed E-state index contributed by atoms with van der Waals surface area (Å²) in [6.45, 7) is 3.17. The molecule has 3 heterocycles. The highest BCUT2D eigenvalue weighted by atomic mass is 35.5. The van der Waals surface area contributed by atoms with E-state index in [0.717, 1.165) is 53.6 Å². The van der Waals surface area contributed by atoms with E-state index in [0.29, 0.717) is 27.9 Å². The first-order valence-corrected chi connectivity index (χ1v) is 12.2. The Morgan fingerprint density at radius 1 is 1.12 bits per heavy atom. The summed E-state index contributed by atoms with van der Waals surface area (Å²) < 4.78 is 14.3. The predicted octanol–water partition coefficient (Wildman–Crippen LogP) is 6.70. The third-order valence-electron chi connectivity index (χ3n) is 6.18. The lowest BCUT2D eigenvalue weighted by Crippen LogP contribution is -2.19. The van der Waals surface area contributed by atoms with Gasteiger partial charge in [-0.05, 0) is 49.9 Å². The summed E-state index contributed by atoms with van der Waals surface area (Å²) in [5.41, 5.74) is 10.5. The van der Waals surface area contributed by atoms with Gasteiger partial charge in [0.25, 0.3) is 0 Å². The number of ether oxygens (including phenoxy) is 2. The first-order chi connectivity index (χ1) is 16.5. The highest BCUT2D eigenvalue weighted by molar-refractivity contribution is 6.35. The molecule has 2 aromatic heterocycles. The van der Waals surface area contributed by atoms with Crippen LogP contribution in [0.4, 0.5) is 0 Å². The summed E-state index contributed by atoms with van der Waals surface area (Å²) in [6, 6.07) is 14.2. The molecule has 0 bridgehead atoms. The van der Waals surface area contributed by atoms with E-state index in [-0.39, 0.29) is 12.3 Å². The summed E-state index contributed by atoms with van der Waals surface area (Å²) in [4.78, 5) is 4.03. The van der Waals surface area contributed by atoms with Crippen LogP contribution in [0.5, 0.6) is 5.75 Å². The van der Waals surface area contributed by atoms with Gasteiger partial charge in [-0.25, -0.2) is 4.68 Å². The van der Waals surface area contributed by atoms with Crippen molar-refractivity contribution in [1.82, 2.24) is 14.8 Å². The van der Waals surface area contributed by atoms with E-state index in [1.54, 1.807) is 12.4 Å². The van der Waals surface area contributed by atoms with E-state index in [1.165, 1.54) is 0 Å². The molecule has 1 saturated heterocycles. The van der Waals surface area contributed by atoms with Crippen molar-refractivity contribution >= 4 is 34.1 Å². The van der Waals surface area contributed by atoms with Crippen LogP contribution in [0.3, 0.4) is 0 Å². The van der Waals surface area contributed by atoms with Gasteiger partial charge in [-0.15, -0.1) is 0 Å². The van der Waals surface area contributed by atoms with Crippen LogP contribution in [0.2, 0.25) is 10.0 Å². The van der Waals surface area contributed by atoms with Crippen molar-refractivity contribution in [3.63, 3.8) is 0 Å². The Kier molecular flexibility index (Phi) is 6.75. The third-order valence-corrected chi connectivity index (χ3v) is 6.78. The van der Waals surface area contributed by atoms with Gasteiger partial charge in [-0.2, -0.15) is 5.10 Å². The van der Waals surface area contributed by atoms with Crippen molar-refractivity contribution < 1.29 is 9.47 Å². The van der Waals surface area contributed by atoms with Crippen molar-refractivity contribution in [2.45, 2.75) is 45.1 Å². The second kappa shape index (κ2) is 9.92. The highest BCUT2D eigenvalue weighted by Gasteiger charge is 2.23. The molecule has 0 radical (unpaired) electrons. The minimum atomic E-state index is -0.357. The average molecular weight is 497 g/mol. The maximum absolute atomic E-state index is 6.34. The SMILES string of the molecule is C[C@@H](Oc1ccc2c(c1)c(-c1ccc(CN)cc1)nn2C1CCCCO1)c1c(Cl)cncc1Cl. The third kappa shape index (κ3) is 4.51. The molecule has 2 atom stereocenters. The molecule has 0 amide bonds. The standard InChI is InChI=1S/C26H26Cl2N4O2/c1-16(25-21(27)14-30-15-22(25)28)34-19-9-10-23-20(12-19)26(18-7-5-17(13-29)6-8-18)31-32(23)24-4-2-3-11-33-24/h5-10,12,14-16,24H,2-4,11,13,29H2,1H3/t16-,24?/m1/s1. The Balaban J connectivity index is 1.56. The molecular formula is C26H26Cl2N4O2. The smallest absolute Gasteiger partial charge is 0.150 e. The molecule has 2 N–H and O–H groups in total. The average Bonchev–Trinajstić information content (AvgIpc) is 3.23. The fourth-order valence-electron chi connectivity index (χ4n) is 4.41. The van der Waals surface area contributed by atoms with Crippen molar-refractivity contribution in [2.75, 3.05) is 6.61 Å². The van der Waals surface area contributed by atoms with Crippen LogP contribution in [0.1, 0.15) is 49.6 Å². The molecule has 0 spiro atoms. The zero-order valence-corrected chi connectivity index (χ0v) is 20.4. The number of rotatable bonds is 6. The molecule has 8 heteroatoms. The lowest BCUT2D eigenvalue weighted by atomic mass is 10.1. The second-order valence-electron chi connectivity index (χ2n) is 8.47. The molecule has 0 saturated carbocycles. The van der Waals surface area contributed by atoms with Gasteiger partial charge in [0.05, 0.1) is 15.6 Å². The molecule has 5 rings (SSSR count). The first kappa shape index (κ1) is 23.1. The number of aromatic nitrogens is 3. The van der Waals surface area contributed by atoms with E-state index in [9.17, 15) is 0 Å². The Hall–Kier alpha value is -2.64. The van der Waals surface area contributed by atoms with Gasteiger partial charge >= 0.3 is 0 Å². The number of hydrogen-bond donors (Lipinski definition) is 1. The lowest BCUT2D eigenvalue weighted by molar-refractivity contribution is -0.0365. The number of nitrogens with zero attached hydrogens (tertiary/aromatic N) is 3. The van der Waals surface area contributed by atoms with Crippen LogP contribution in [0, 0.1) is 0 Å². The first-order valence-electron chi connectivity index (χ1n) is 11.4. The fourth-order valence-corrected chi connectivity index (χ4v) is 5.09. The molecule has 34 heavy (non-hydrogen) atoms. The summed E-state index contributed by atoms with van der Waals surface area (Å²) in [7, 11) is 0. The van der Waals surface area contributed by atoms with E-state index in [4.69, 9.17) is 43.5 Å². The van der Waals surface area contributed by atoms with Crippen molar-refractivity contribution in [3.8, 4) is 17.0 Å². The highest BCUT2D eigenvalue weighted by Crippen LogP contribution is 2.37. The van der Waals surface area contributed by atoms with Gasteiger partial charge in [-0.3, -0.25) is 4.98 Å². The molecule has 2 aromatic carbocycles. The maximum atomic E-state index is 6.34. The van der Waals surface area contributed by atoms with Gasteiger partial charge in [0.15, 0.2) is 6.23 Å². The zero-order chi connectivity index (χ0) is 23.7.